The largest absolute Gasteiger partial charge is 0.305 e. The third-order valence-corrected chi connectivity index (χ3v) is 3.57. The van der Waals surface area contributed by atoms with Gasteiger partial charge < -0.3 is 5.32 Å². The number of rotatable bonds is 7. The number of hydrogen-bond donors (Lipinski definition) is 5. The van der Waals surface area contributed by atoms with Crippen LogP contribution in [0, 0.1) is 0 Å². The van der Waals surface area contributed by atoms with Gasteiger partial charge in [0.25, 0.3) is 6.92 Å². The predicted octanol–water partition coefficient (Wildman–Crippen LogP) is 0.709. The smallest absolute Gasteiger partial charge is 0.279 e. The average Bonchev–Trinajstić information content (AvgIpc) is 2.01. The van der Waals surface area contributed by atoms with Gasteiger partial charge in [0.15, 0.2) is 0 Å². The topological polar surface area (TPSA) is 62.1 Å². The highest BCUT2D eigenvalue weighted by Crippen LogP contribution is 2.45. The highest BCUT2D eigenvalue weighted by molar-refractivity contribution is 8.50. The number of hydrogen-bond acceptors (Lipinski definition) is 5. The molecular formula is C6H20N4PS+. The molecule has 0 radical (unpaired) electrons. The maximum absolute atomic E-state index is 5.86. The standard InChI is InChI=1S/C6H20N4PS/c1-3-4-5-9-11(7,12)10-6-8-2/h8-10,12H,3-7H2,1-2H3/q+1. The van der Waals surface area contributed by atoms with Crippen molar-refractivity contribution in [2.45, 2.75) is 19.8 Å². The summed E-state index contributed by atoms with van der Waals surface area (Å²) in [7, 11) is 1.87. The lowest BCUT2D eigenvalue weighted by atomic mass is 10.3. The van der Waals surface area contributed by atoms with E-state index in [4.69, 9.17) is 5.50 Å². The van der Waals surface area contributed by atoms with Crippen molar-refractivity contribution in [3.05, 3.63) is 0 Å². The van der Waals surface area contributed by atoms with Crippen molar-refractivity contribution < 1.29 is 0 Å². The van der Waals surface area contributed by atoms with Gasteiger partial charge in [0, 0.05) is 6.54 Å². The first-order valence-corrected chi connectivity index (χ1v) is 7.18. The number of nitrogens with one attached hydrogen (secondary N) is 3. The van der Waals surface area contributed by atoms with Gasteiger partial charge in [0.2, 0.25) is 0 Å². The first-order valence-electron chi connectivity index (χ1n) is 4.17. The lowest BCUT2D eigenvalue weighted by molar-refractivity contribution is 0.740. The molecule has 0 aliphatic heterocycles. The molecule has 1 unspecified atom stereocenters. The summed E-state index contributed by atoms with van der Waals surface area (Å²) in [6.07, 6.45) is 2.31. The van der Waals surface area contributed by atoms with E-state index in [2.05, 4.69) is 34.7 Å². The monoisotopic (exact) mass is 211 g/mol. The van der Waals surface area contributed by atoms with Crippen LogP contribution in [0.4, 0.5) is 0 Å². The molecule has 0 spiro atoms. The van der Waals surface area contributed by atoms with Crippen LogP contribution in [0.5, 0.6) is 0 Å². The van der Waals surface area contributed by atoms with Gasteiger partial charge in [-0.3, -0.25) is 0 Å². The molecule has 0 bridgehead atoms. The van der Waals surface area contributed by atoms with Gasteiger partial charge in [-0.2, -0.15) is 10.6 Å². The molecule has 1 atom stereocenters. The van der Waals surface area contributed by atoms with E-state index in [9.17, 15) is 0 Å². The third-order valence-electron chi connectivity index (χ3n) is 1.38. The minimum absolute atomic E-state index is 0.687. The van der Waals surface area contributed by atoms with Crippen LogP contribution in [0.15, 0.2) is 0 Å². The van der Waals surface area contributed by atoms with Crippen molar-refractivity contribution >= 4 is 19.2 Å². The zero-order valence-electron chi connectivity index (χ0n) is 7.80. The van der Waals surface area contributed by atoms with E-state index in [1.807, 2.05) is 7.05 Å². The minimum atomic E-state index is -1.86. The van der Waals surface area contributed by atoms with Gasteiger partial charge in [-0.15, -0.1) is 5.09 Å². The van der Waals surface area contributed by atoms with Gasteiger partial charge in [-0.1, -0.05) is 13.3 Å². The Labute approximate surface area is 80.7 Å². The lowest BCUT2D eigenvalue weighted by Crippen LogP contribution is -2.35. The van der Waals surface area contributed by atoms with Crippen molar-refractivity contribution in [2.24, 2.45) is 5.50 Å². The Kier molecular flexibility index (Phi) is 7.43. The molecule has 12 heavy (non-hydrogen) atoms. The zero-order valence-corrected chi connectivity index (χ0v) is 9.59. The molecular weight excluding hydrogens is 191 g/mol. The van der Waals surface area contributed by atoms with Crippen molar-refractivity contribution in [3.8, 4) is 0 Å². The van der Waals surface area contributed by atoms with E-state index < -0.39 is 6.92 Å². The van der Waals surface area contributed by atoms with Crippen LogP contribution < -0.4 is 21.0 Å². The van der Waals surface area contributed by atoms with Crippen LogP contribution in [0.1, 0.15) is 19.8 Å². The van der Waals surface area contributed by atoms with Crippen molar-refractivity contribution in [1.82, 2.24) is 15.5 Å². The summed E-state index contributed by atoms with van der Waals surface area (Å²) in [5, 5.41) is 9.26. The van der Waals surface area contributed by atoms with Crippen LogP contribution in [0.2, 0.25) is 0 Å². The Morgan fingerprint density at radius 3 is 2.58 bits per heavy atom. The summed E-state index contributed by atoms with van der Waals surface area (Å²) >= 11 is 4.32. The number of nitrogens with two attached hydrogens (primary N) is 1. The summed E-state index contributed by atoms with van der Waals surface area (Å²) < 4.78 is 0. The van der Waals surface area contributed by atoms with Crippen LogP contribution in [0.3, 0.4) is 0 Å². The number of unbranched alkanes of at least 4 members (excludes halogenated alkanes) is 1. The number of thiol groups is 1. The van der Waals surface area contributed by atoms with Crippen molar-refractivity contribution in [3.63, 3.8) is 0 Å². The first-order chi connectivity index (χ1) is 5.62. The SMILES string of the molecule is CCCCN[P+](N)(S)NCNC. The highest BCUT2D eigenvalue weighted by atomic mass is 32.7. The fraction of sp³-hybridized carbons (Fsp3) is 1.00. The van der Waals surface area contributed by atoms with E-state index in [1.54, 1.807) is 0 Å². The molecule has 74 valence electrons. The second-order valence-corrected chi connectivity index (χ2v) is 6.53. The molecule has 0 rings (SSSR count). The van der Waals surface area contributed by atoms with Gasteiger partial charge >= 0.3 is 0 Å². The molecule has 0 aliphatic carbocycles. The maximum Gasteiger partial charge on any atom is 0.279 e. The van der Waals surface area contributed by atoms with Crippen LogP contribution in [0.25, 0.3) is 0 Å². The third kappa shape index (κ3) is 7.28. The summed E-state index contributed by atoms with van der Waals surface area (Å²) in [6, 6.07) is 0. The second-order valence-electron chi connectivity index (χ2n) is 2.64. The molecule has 6 heteroatoms. The van der Waals surface area contributed by atoms with Crippen molar-refractivity contribution in [1.29, 1.82) is 0 Å². The molecule has 0 amide bonds. The molecule has 4 nitrogen and oxygen atoms in total. The maximum atomic E-state index is 5.86. The average molecular weight is 211 g/mol. The molecule has 0 saturated heterocycles. The molecule has 0 aromatic rings. The molecule has 0 aromatic carbocycles. The summed E-state index contributed by atoms with van der Waals surface area (Å²) in [4.78, 5) is 0. The lowest BCUT2D eigenvalue weighted by Gasteiger charge is -2.15. The van der Waals surface area contributed by atoms with Crippen LogP contribution >= 0.6 is 19.2 Å². The molecule has 5 N–H and O–H groups in total. The molecule has 0 fully saturated rings. The Morgan fingerprint density at radius 2 is 2.08 bits per heavy atom. The van der Waals surface area contributed by atoms with Gasteiger partial charge in [0.05, 0.1) is 18.9 Å². The van der Waals surface area contributed by atoms with Crippen LogP contribution in [-0.2, 0) is 0 Å². The second kappa shape index (κ2) is 7.06. The van der Waals surface area contributed by atoms with E-state index >= 15 is 0 Å². The van der Waals surface area contributed by atoms with E-state index in [-0.39, 0.29) is 0 Å². The quantitative estimate of drug-likeness (QED) is 0.186. The molecule has 0 heterocycles. The zero-order chi connectivity index (χ0) is 9.45. The highest BCUT2D eigenvalue weighted by Gasteiger charge is 2.26. The minimum Gasteiger partial charge on any atom is -0.305 e. The Balaban J connectivity index is 3.42. The van der Waals surface area contributed by atoms with E-state index in [1.165, 1.54) is 6.42 Å². The van der Waals surface area contributed by atoms with E-state index in [0.717, 1.165) is 13.0 Å². The van der Waals surface area contributed by atoms with Gasteiger partial charge in [-0.25, -0.2) is 0 Å². The Bertz CT molecular complexity index is 112. The Morgan fingerprint density at radius 1 is 1.42 bits per heavy atom. The fourth-order valence-corrected chi connectivity index (χ4v) is 2.20. The summed E-state index contributed by atoms with van der Waals surface area (Å²) in [6.45, 7) is 1.91. The van der Waals surface area contributed by atoms with Crippen molar-refractivity contribution in [2.75, 3.05) is 20.3 Å². The normalized spacial score (nSPS) is 16.0. The molecule has 0 aliphatic rings. The van der Waals surface area contributed by atoms with Crippen LogP contribution in [-0.4, -0.2) is 20.3 Å². The van der Waals surface area contributed by atoms with E-state index in [0.29, 0.717) is 6.67 Å². The molecule has 0 saturated carbocycles. The molecule has 0 aromatic heterocycles. The van der Waals surface area contributed by atoms with Gasteiger partial charge in [-0.05, 0) is 13.5 Å². The summed E-state index contributed by atoms with van der Waals surface area (Å²) in [5.41, 5.74) is 5.86. The fourth-order valence-electron chi connectivity index (χ4n) is 0.682. The van der Waals surface area contributed by atoms with Gasteiger partial charge in [0.1, 0.15) is 0 Å². The Hall–Kier alpha value is 0.620. The summed E-state index contributed by atoms with van der Waals surface area (Å²) in [5.74, 6) is 0. The predicted molar refractivity (Wildman–Crippen MR) is 60.1 cm³/mol. The first kappa shape index (κ1) is 12.6.